The van der Waals surface area contributed by atoms with E-state index in [-0.39, 0.29) is 11.3 Å². The number of carbonyl (C=O) groups is 1. The van der Waals surface area contributed by atoms with Gasteiger partial charge in [0.2, 0.25) is 5.91 Å². The van der Waals surface area contributed by atoms with Gasteiger partial charge in [0.25, 0.3) is 0 Å². The highest BCUT2D eigenvalue weighted by molar-refractivity contribution is 5.95. The second-order valence-corrected chi connectivity index (χ2v) is 7.87. The van der Waals surface area contributed by atoms with Crippen molar-refractivity contribution in [1.29, 1.82) is 0 Å². The number of hydrogen-bond donors (Lipinski definition) is 1. The summed E-state index contributed by atoms with van der Waals surface area (Å²) >= 11 is 0. The van der Waals surface area contributed by atoms with E-state index in [1.807, 2.05) is 18.2 Å². The van der Waals surface area contributed by atoms with Crippen molar-refractivity contribution in [3.63, 3.8) is 0 Å². The van der Waals surface area contributed by atoms with Crippen LogP contribution in [0.3, 0.4) is 0 Å². The smallest absolute Gasteiger partial charge is 0.241 e. The average Bonchev–Trinajstić information content (AvgIpc) is 2.98. The molecule has 1 amide bonds. The van der Waals surface area contributed by atoms with Crippen LogP contribution in [-0.4, -0.2) is 43.0 Å². The molecular weight excluding hydrogens is 298 g/mol. The van der Waals surface area contributed by atoms with Gasteiger partial charge in [0.1, 0.15) is 0 Å². The summed E-state index contributed by atoms with van der Waals surface area (Å²) in [6.07, 6.45) is 7.11. The summed E-state index contributed by atoms with van der Waals surface area (Å²) in [5.41, 5.74) is 7.13. The monoisotopic (exact) mass is 329 g/mol. The van der Waals surface area contributed by atoms with Crippen molar-refractivity contribution in [2.45, 2.75) is 51.5 Å². The Hall–Kier alpha value is -1.39. The lowest BCUT2D eigenvalue weighted by Gasteiger charge is -2.35. The molecule has 1 aliphatic heterocycles. The summed E-state index contributed by atoms with van der Waals surface area (Å²) in [5, 5.41) is 0. The number of para-hydroxylation sites is 1. The molecule has 132 valence electrons. The van der Waals surface area contributed by atoms with Gasteiger partial charge in [0.15, 0.2) is 0 Å². The molecule has 2 fully saturated rings. The first-order chi connectivity index (χ1) is 11.6. The number of hydrogen-bond acceptors (Lipinski definition) is 3. The standard InChI is InChI=1S/C20H31N3O/c1-20(15-21)12-13-22(16-20)14-19(24)23(17-8-4-2-5-9-17)18-10-6-3-7-11-18/h2,4-5,8-9,18H,3,6-7,10-16,21H2,1H3. The fourth-order valence-corrected chi connectivity index (χ4v) is 4.18. The quantitative estimate of drug-likeness (QED) is 0.903. The SMILES string of the molecule is CC1(CN)CCN(CC(=O)N(c2ccccc2)C2CCCCC2)C1. The number of amides is 1. The third-order valence-corrected chi connectivity index (χ3v) is 5.73. The van der Waals surface area contributed by atoms with Gasteiger partial charge in [0.05, 0.1) is 6.54 Å². The second-order valence-electron chi connectivity index (χ2n) is 7.87. The molecule has 1 saturated heterocycles. The Morgan fingerprint density at radius 3 is 2.58 bits per heavy atom. The molecule has 1 heterocycles. The molecule has 1 aromatic rings. The van der Waals surface area contributed by atoms with Gasteiger partial charge in [0, 0.05) is 18.3 Å². The van der Waals surface area contributed by atoms with Crippen LogP contribution in [0, 0.1) is 5.41 Å². The summed E-state index contributed by atoms with van der Waals surface area (Å²) < 4.78 is 0. The van der Waals surface area contributed by atoms with E-state index in [0.29, 0.717) is 19.1 Å². The average molecular weight is 329 g/mol. The van der Waals surface area contributed by atoms with Crippen molar-refractivity contribution >= 4 is 11.6 Å². The van der Waals surface area contributed by atoms with Crippen LogP contribution in [-0.2, 0) is 4.79 Å². The van der Waals surface area contributed by atoms with E-state index in [4.69, 9.17) is 5.73 Å². The first-order valence-corrected chi connectivity index (χ1v) is 9.41. The fourth-order valence-electron chi connectivity index (χ4n) is 4.18. The molecule has 2 N–H and O–H groups in total. The van der Waals surface area contributed by atoms with E-state index >= 15 is 0 Å². The highest BCUT2D eigenvalue weighted by Gasteiger charge is 2.35. The topological polar surface area (TPSA) is 49.6 Å². The Bertz CT molecular complexity index is 541. The summed E-state index contributed by atoms with van der Waals surface area (Å²) in [4.78, 5) is 17.5. The van der Waals surface area contributed by atoms with Crippen LogP contribution in [0.2, 0.25) is 0 Å². The lowest BCUT2D eigenvalue weighted by molar-refractivity contribution is -0.120. The highest BCUT2D eigenvalue weighted by Crippen LogP contribution is 2.30. The molecule has 0 aromatic heterocycles. The Morgan fingerprint density at radius 1 is 1.25 bits per heavy atom. The molecule has 1 aliphatic carbocycles. The van der Waals surface area contributed by atoms with Crippen molar-refractivity contribution in [3.8, 4) is 0 Å². The maximum Gasteiger partial charge on any atom is 0.241 e. The van der Waals surface area contributed by atoms with E-state index in [2.05, 4.69) is 28.9 Å². The van der Waals surface area contributed by atoms with Gasteiger partial charge in [-0.15, -0.1) is 0 Å². The van der Waals surface area contributed by atoms with Crippen LogP contribution in [0.5, 0.6) is 0 Å². The number of anilines is 1. The van der Waals surface area contributed by atoms with Crippen molar-refractivity contribution < 1.29 is 4.79 Å². The first kappa shape index (κ1) is 17.4. The maximum atomic E-state index is 13.2. The number of likely N-dealkylation sites (tertiary alicyclic amines) is 1. The van der Waals surface area contributed by atoms with Gasteiger partial charge in [-0.05, 0) is 49.9 Å². The predicted molar refractivity (Wildman–Crippen MR) is 99.0 cm³/mol. The zero-order valence-corrected chi connectivity index (χ0v) is 14.9. The van der Waals surface area contributed by atoms with Crippen LogP contribution in [0.15, 0.2) is 30.3 Å². The molecule has 4 heteroatoms. The molecule has 2 aliphatic rings. The molecule has 0 spiro atoms. The maximum absolute atomic E-state index is 13.2. The van der Waals surface area contributed by atoms with Gasteiger partial charge in [-0.1, -0.05) is 44.4 Å². The fraction of sp³-hybridized carbons (Fsp3) is 0.650. The van der Waals surface area contributed by atoms with E-state index in [0.717, 1.165) is 38.0 Å². The Labute approximate surface area is 146 Å². The molecule has 1 atom stereocenters. The molecule has 1 saturated carbocycles. The van der Waals surface area contributed by atoms with Crippen molar-refractivity contribution in [2.24, 2.45) is 11.1 Å². The van der Waals surface area contributed by atoms with Crippen LogP contribution in [0.1, 0.15) is 45.4 Å². The summed E-state index contributed by atoms with van der Waals surface area (Å²) in [5.74, 6) is 0.245. The normalized spacial score (nSPS) is 25.8. The third-order valence-electron chi connectivity index (χ3n) is 5.73. The number of benzene rings is 1. The Balaban J connectivity index is 1.72. The molecule has 3 rings (SSSR count). The largest absolute Gasteiger partial charge is 0.330 e. The minimum atomic E-state index is 0.169. The zero-order chi connectivity index (χ0) is 17.0. The van der Waals surface area contributed by atoms with E-state index in [1.165, 1.54) is 19.3 Å². The summed E-state index contributed by atoms with van der Waals surface area (Å²) in [7, 11) is 0. The predicted octanol–water partition coefficient (Wildman–Crippen LogP) is 3.02. The zero-order valence-electron chi connectivity index (χ0n) is 14.9. The minimum Gasteiger partial charge on any atom is -0.330 e. The lowest BCUT2D eigenvalue weighted by atomic mass is 9.90. The van der Waals surface area contributed by atoms with E-state index in [9.17, 15) is 4.79 Å². The molecular formula is C20H31N3O. The van der Waals surface area contributed by atoms with Gasteiger partial charge in [-0.2, -0.15) is 0 Å². The molecule has 1 aromatic carbocycles. The van der Waals surface area contributed by atoms with Crippen molar-refractivity contribution in [2.75, 3.05) is 31.1 Å². The number of carbonyl (C=O) groups excluding carboxylic acids is 1. The van der Waals surface area contributed by atoms with Crippen LogP contribution in [0.25, 0.3) is 0 Å². The summed E-state index contributed by atoms with van der Waals surface area (Å²) in [6, 6.07) is 10.6. The second kappa shape index (κ2) is 7.66. The molecule has 1 unspecified atom stereocenters. The van der Waals surface area contributed by atoms with Crippen LogP contribution in [0.4, 0.5) is 5.69 Å². The van der Waals surface area contributed by atoms with Crippen molar-refractivity contribution in [3.05, 3.63) is 30.3 Å². The number of nitrogens with zero attached hydrogens (tertiary/aromatic N) is 2. The van der Waals surface area contributed by atoms with Gasteiger partial charge >= 0.3 is 0 Å². The van der Waals surface area contributed by atoms with Gasteiger partial charge in [-0.25, -0.2) is 0 Å². The molecule has 0 radical (unpaired) electrons. The number of nitrogens with two attached hydrogens (primary N) is 1. The minimum absolute atomic E-state index is 0.169. The molecule has 4 nitrogen and oxygen atoms in total. The van der Waals surface area contributed by atoms with Gasteiger partial charge < -0.3 is 10.6 Å². The van der Waals surface area contributed by atoms with Gasteiger partial charge in [-0.3, -0.25) is 9.69 Å². The molecule has 0 bridgehead atoms. The lowest BCUT2D eigenvalue weighted by Crippen LogP contribution is -2.46. The first-order valence-electron chi connectivity index (χ1n) is 9.41. The van der Waals surface area contributed by atoms with E-state index in [1.54, 1.807) is 0 Å². The Kier molecular flexibility index (Phi) is 5.57. The van der Waals surface area contributed by atoms with Crippen molar-refractivity contribution in [1.82, 2.24) is 4.90 Å². The highest BCUT2D eigenvalue weighted by atomic mass is 16.2. The van der Waals surface area contributed by atoms with E-state index < -0.39 is 0 Å². The molecule has 24 heavy (non-hydrogen) atoms. The third kappa shape index (κ3) is 3.98. The van der Waals surface area contributed by atoms with Crippen LogP contribution >= 0.6 is 0 Å². The number of rotatable bonds is 5. The Morgan fingerprint density at radius 2 is 1.96 bits per heavy atom. The summed E-state index contributed by atoms with van der Waals surface area (Å²) in [6.45, 7) is 5.35. The van der Waals surface area contributed by atoms with Crippen LogP contribution < -0.4 is 10.6 Å².